The van der Waals surface area contributed by atoms with E-state index in [1.165, 1.54) is 13.8 Å². The zero-order chi connectivity index (χ0) is 21.3. The molecule has 0 amide bonds. The van der Waals surface area contributed by atoms with Crippen LogP contribution < -0.4 is 14.2 Å². The quantitative estimate of drug-likeness (QED) is 0.721. The third-order valence-electron chi connectivity index (χ3n) is 4.61. The predicted octanol–water partition coefficient (Wildman–Crippen LogP) is 4.56. The molecule has 0 saturated carbocycles. The van der Waals surface area contributed by atoms with Gasteiger partial charge in [0.15, 0.2) is 11.4 Å². The number of ether oxygens (including phenoxy) is 3. The lowest BCUT2D eigenvalue weighted by atomic mass is 10.0. The number of carbonyl (C=O) groups is 2. The van der Waals surface area contributed by atoms with Crippen molar-refractivity contribution in [1.82, 2.24) is 0 Å². The van der Waals surface area contributed by atoms with E-state index in [0.717, 1.165) is 16.7 Å². The van der Waals surface area contributed by atoms with Crippen LogP contribution in [0.25, 0.3) is 6.08 Å². The van der Waals surface area contributed by atoms with E-state index in [1.807, 2.05) is 32.9 Å². The number of fused-ring (bicyclic) bond motifs is 1. The van der Waals surface area contributed by atoms with Crippen LogP contribution in [0.15, 0.2) is 36.1 Å². The summed E-state index contributed by atoms with van der Waals surface area (Å²) in [4.78, 5) is 24.0. The number of carboxylic acids is 1. The molecule has 0 unspecified atom stereocenters. The van der Waals surface area contributed by atoms with Gasteiger partial charge in [0.2, 0.25) is 5.78 Å². The van der Waals surface area contributed by atoms with Crippen LogP contribution in [0.3, 0.4) is 0 Å². The smallest absolute Gasteiger partial charge is 0.347 e. The lowest BCUT2D eigenvalue weighted by Gasteiger charge is -2.24. The normalized spacial score (nSPS) is 14.5. The highest BCUT2D eigenvalue weighted by molar-refractivity contribution is 6.14. The Morgan fingerprint density at radius 2 is 1.83 bits per heavy atom. The number of aliphatic carboxylic acids is 1. The second kappa shape index (κ2) is 7.62. The molecular formula is C23H24O6. The maximum absolute atomic E-state index is 12.6. The number of hydrogen-bond donors (Lipinski definition) is 1. The highest BCUT2D eigenvalue weighted by atomic mass is 16.5. The summed E-state index contributed by atoms with van der Waals surface area (Å²) in [6.07, 6.45) is 1.68. The van der Waals surface area contributed by atoms with Crippen molar-refractivity contribution in [2.75, 3.05) is 6.61 Å². The van der Waals surface area contributed by atoms with Crippen LogP contribution in [0.1, 0.15) is 47.8 Å². The molecule has 0 radical (unpaired) electrons. The lowest BCUT2D eigenvalue weighted by molar-refractivity contribution is -0.152. The zero-order valence-electron chi connectivity index (χ0n) is 17.2. The third-order valence-corrected chi connectivity index (χ3v) is 4.61. The Hall–Kier alpha value is -3.28. The minimum absolute atomic E-state index is 0.189. The number of carboxylic acid groups (broad SMARTS) is 1. The first kappa shape index (κ1) is 20.5. The summed E-state index contributed by atoms with van der Waals surface area (Å²) in [6.45, 7) is 9.10. The maximum atomic E-state index is 12.6. The SMILES string of the molecule is CCOc1ccc2c(c1)OC(=Cc1cc(C)c(OC(C)(C)C(=O)O)c(C)c1)C2=O. The highest BCUT2D eigenvalue weighted by Gasteiger charge is 2.31. The second-order valence-corrected chi connectivity index (χ2v) is 7.43. The van der Waals surface area contributed by atoms with Crippen molar-refractivity contribution in [3.8, 4) is 17.2 Å². The van der Waals surface area contributed by atoms with Crippen LogP contribution in [0.4, 0.5) is 0 Å². The van der Waals surface area contributed by atoms with Gasteiger partial charge in [-0.3, -0.25) is 4.79 Å². The van der Waals surface area contributed by atoms with Gasteiger partial charge in [-0.15, -0.1) is 0 Å². The van der Waals surface area contributed by atoms with Crippen molar-refractivity contribution in [3.05, 3.63) is 58.3 Å². The lowest BCUT2D eigenvalue weighted by Crippen LogP contribution is -2.38. The molecule has 0 atom stereocenters. The van der Waals surface area contributed by atoms with E-state index in [2.05, 4.69) is 0 Å². The molecule has 1 heterocycles. The van der Waals surface area contributed by atoms with Gasteiger partial charge in [-0.25, -0.2) is 4.79 Å². The molecular weight excluding hydrogens is 372 g/mol. The van der Waals surface area contributed by atoms with Crippen molar-refractivity contribution in [2.24, 2.45) is 0 Å². The van der Waals surface area contributed by atoms with Crippen LogP contribution in [0.5, 0.6) is 17.2 Å². The van der Waals surface area contributed by atoms with Crippen LogP contribution in [-0.2, 0) is 4.79 Å². The summed E-state index contributed by atoms with van der Waals surface area (Å²) >= 11 is 0. The molecule has 1 aliphatic heterocycles. The molecule has 29 heavy (non-hydrogen) atoms. The standard InChI is InChI=1S/C23H24O6/c1-6-27-16-7-8-17-18(12-16)28-19(20(17)24)11-15-9-13(2)21(14(3)10-15)29-23(4,5)22(25)26/h7-12H,6H2,1-5H3,(H,25,26). The number of aryl methyl sites for hydroxylation is 2. The first-order valence-corrected chi connectivity index (χ1v) is 9.37. The molecule has 0 spiro atoms. The number of hydrogen-bond acceptors (Lipinski definition) is 5. The third kappa shape index (κ3) is 4.11. The molecule has 3 rings (SSSR count). The van der Waals surface area contributed by atoms with E-state index in [1.54, 1.807) is 24.3 Å². The van der Waals surface area contributed by atoms with Crippen molar-refractivity contribution < 1.29 is 28.9 Å². The Balaban J connectivity index is 1.89. The Bertz CT molecular complexity index is 993. The number of carbonyl (C=O) groups excluding carboxylic acids is 1. The van der Waals surface area contributed by atoms with Crippen molar-refractivity contribution >= 4 is 17.8 Å². The molecule has 0 saturated heterocycles. The number of ketones is 1. The fourth-order valence-corrected chi connectivity index (χ4v) is 3.10. The van der Waals surface area contributed by atoms with Crippen LogP contribution >= 0.6 is 0 Å². The molecule has 0 fully saturated rings. The monoisotopic (exact) mass is 396 g/mol. The summed E-state index contributed by atoms with van der Waals surface area (Å²) in [5, 5.41) is 9.30. The summed E-state index contributed by atoms with van der Waals surface area (Å²) in [6, 6.07) is 8.82. The van der Waals surface area contributed by atoms with E-state index in [0.29, 0.717) is 29.4 Å². The van der Waals surface area contributed by atoms with E-state index < -0.39 is 11.6 Å². The van der Waals surface area contributed by atoms with Gasteiger partial charge in [-0.05, 0) is 81.7 Å². The van der Waals surface area contributed by atoms with Gasteiger partial charge >= 0.3 is 5.97 Å². The summed E-state index contributed by atoms with van der Waals surface area (Å²) in [5.41, 5.74) is 1.46. The molecule has 1 N–H and O–H groups in total. The van der Waals surface area contributed by atoms with Crippen LogP contribution in [0, 0.1) is 13.8 Å². The first-order chi connectivity index (χ1) is 13.6. The molecule has 0 aliphatic carbocycles. The average molecular weight is 396 g/mol. The largest absolute Gasteiger partial charge is 0.494 e. The van der Waals surface area contributed by atoms with Crippen LogP contribution in [-0.4, -0.2) is 29.1 Å². The molecule has 0 bridgehead atoms. The van der Waals surface area contributed by atoms with Gasteiger partial charge in [0.1, 0.15) is 17.2 Å². The Morgan fingerprint density at radius 3 is 2.41 bits per heavy atom. The van der Waals surface area contributed by atoms with Gasteiger partial charge in [-0.1, -0.05) is 0 Å². The zero-order valence-corrected chi connectivity index (χ0v) is 17.2. The highest BCUT2D eigenvalue weighted by Crippen LogP contribution is 2.36. The summed E-state index contributed by atoms with van der Waals surface area (Å²) in [5.74, 6) is 0.635. The fraction of sp³-hybridized carbons (Fsp3) is 0.304. The van der Waals surface area contributed by atoms with Gasteiger partial charge in [0, 0.05) is 6.07 Å². The topological polar surface area (TPSA) is 82.1 Å². The molecule has 0 aromatic heterocycles. The van der Waals surface area contributed by atoms with E-state index in [9.17, 15) is 14.7 Å². The molecule has 152 valence electrons. The van der Waals surface area contributed by atoms with Gasteiger partial charge in [0.05, 0.1) is 12.2 Å². The maximum Gasteiger partial charge on any atom is 0.347 e. The predicted molar refractivity (Wildman–Crippen MR) is 109 cm³/mol. The summed E-state index contributed by atoms with van der Waals surface area (Å²) < 4.78 is 16.9. The summed E-state index contributed by atoms with van der Waals surface area (Å²) in [7, 11) is 0. The van der Waals surface area contributed by atoms with E-state index in [4.69, 9.17) is 14.2 Å². The molecule has 2 aromatic rings. The second-order valence-electron chi connectivity index (χ2n) is 7.43. The Labute approximate surface area is 169 Å². The Kier molecular flexibility index (Phi) is 5.38. The van der Waals surface area contributed by atoms with Gasteiger partial charge in [-0.2, -0.15) is 0 Å². The van der Waals surface area contributed by atoms with Crippen molar-refractivity contribution in [3.63, 3.8) is 0 Å². The first-order valence-electron chi connectivity index (χ1n) is 9.37. The number of benzene rings is 2. The molecule has 6 heteroatoms. The van der Waals surface area contributed by atoms with E-state index >= 15 is 0 Å². The minimum atomic E-state index is -1.35. The number of Topliss-reactive ketones (excluding diaryl/α,β-unsaturated/α-hetero) is 1. The average Bonchev–Trinajstić information content (AvgIpc) is 2.93. The van der Waals surface area contributed by atoms with E-state index in [-0.39, 0.29) is 11.5 Å². The minimum Gasteiger partial charge on any atom is -0.494 e. The van der Waals surface area contributed by atoms with Crippen molar-refractivity contribution in [2.45, 2.75) is 40.2 Å². The molecule has 6 nitrogen and oxygen atoms in total. The van der Waals surface area contributed by atoms with Crippen molar-refractivity contribution in [1.29, 1.82) is 0 Å². The fourth-order valence-electron chi connectivity index (χ4n) is 3.10. The molecule has 1 aliphatic rings. The van der Waals surface area contributed by atoms with Crippen LogP contribution in [0.2, 0.25) is 0 Å². The van der Waals surface area contributed by atoms with Gasteiger partial charge in [0.25, 0.3) is 0 Å². The molecule has 2 aromatic carbocycles. The number of allylic oxidation sites excluding steroid dienone is 1. The number of rotatable bonds is 6. The Morgan fingerprint density at radius 1 is 1.17 bits per heavy atom. The van der Waals surface area contributed by atoms with Gasteiger partial charge < -0.3 is 19.3 Å².